The summed E-state index contributed by atoms with van der Waals surface area (Å²) >= 11 is 0. The number of hydrogen-bond donors (Lipinski definition) is 2. The average molecular weight is 280 g/mol. The molecular weight excluding hydrogens is 262 g/mol. The second kappa shape index (κ2) is 5.13. The lowest BCUT2D eigenvalue weighted by Crippen LogP contribution is -2.39. The number of halogens is 2. The molecule has 4 unspecified atom stereocenters. The maximum atomic E-state index is 13.7. The van der Waals surface area contributed by atoms with Crippen LogP contribution in [0.4, 0.5) is 8.78 Å². The fourth-order valence-corrected chi connectivity index (χ4v) is 3.43. The molecule has 3 nitrogen and oxygen atoms in total. The van der Waals surface area contributed by atoms with Crippen molar-refractivity contribution in [1.82, 2.24) is 10.6 Å². The van der Waals surface area contributed by atoms with E-state index in [4.69, 9.17) is 0 Å². The van der Waals surface area contributed by atoms with Crippen molar-refractivity contribution in [2.24, 2.45) is 5.92 Å². The Morgan fingerprint density at radius 2 is 2.05 bits per heavy atom. The highest BCUT2D eigenvalue weighted by Gasteiger charge is 2.43. The van der Waals surface area contributed by atoms with Gasteiger partial charge >= 0.3 is 0 Å². The Balaban J connectivity index is 1.70. The van der Waals surface area contributed by atoms with Gasteiger partial charge in [0.05, 0.1) is 12.0 Å². The van der Waals surface area contributed by atoms with Gasteiger partial charge in [-0.1, -0.05) is 6.07 Å². The van der Waals surface area contributed by atoms with Crippen LogP contribution in [0.3, 0.4) is 0 Å². The Morgan fingerprint density at radius 3 is 2.60 bits per heavy atom. The van der Waals surface area contributed by atoms with E-state index < -0.39 is 17.7 Å². The van der Waals surface area contributed by atoms with Gasteiger partial charge in [-0.3, -0.25) is 4.79 Å². The fraction of sp³-hybridized carbons (Fsp3) is 0.533. The standard InChI is InChI=1S/C15H18F2N2O/c1-8(14-11(16)3-2-4-12(14)17)18-15(20)10-7-9-5-6-13(10)19-9/h2-4,8-10,13,19H,5-7H2,1H3,(H,18,20). The number of hydrogen-bond acceptors (Lipinski definition) is 2. The van der Waals surface area contributed by atoms with Crippen LogP contribution in [0.2, 0.25) is 0 Å². The van der Waals surface area contributed by atoms with Gasteiger partial charge < -0.3 is 10.6 Å². The molecule has 2 heterocycles. The van der Waals surface area contributed by atoms with Gasteiger partial charge in [0, 0.05) is 17.6 Å². The van der Waals surface area contributed by atoms with Gasteiger partial charge in [0.1, 0.15) is 11.6 Å². The summed E-state index contributed by atoms with van der Waals surface area (Å²) in [6.45, 7) is 1.61. The van der Waals surface area contributed by atoms with Crippen LogP contribution >= 0.6 is 0 Å². The van der Waals surface area contributed by atoms with Crippen LogP contribution in [0.25, 0.3) is 0 Å². The van der Waals surface area contributed by atoms with Crippen LogP contribution in [0.15, 0.2) is 18.2 Å². The summed E-state index contributed by atoms with van der Waals surface area (Å²) in [4.78, 5) is 12.2. The second-order valence-electron chi connectivity index (χ2n) is 5.76. The maximum absolute atomic E-state index is 13.7. The molecule has 0 radical (unpaired) electrons. The van der Waals surface area contributed by atoms with E-state index in [-0.39, 0.29) is 23.4 Å². The normalized spacial score (nSPS) is 29.4. The molecule has 2 aliphatic heterocycles. The Morgan fingerprint density at radius 1 is 1.35 bits per heavy atom. The first-order valence-electron chi connectivity index (χ1n) is 7.06. The van der Waals surface area contributed by atoms with E-state index in [0.29, 0.717) is 6.04 Å². The van der Waals surface area contributed by atoms with Gasteiger partial charge in [-0.25, -0.2) is 8.78 Å². The Kier molecular flexibility index (Phi) is 3.46. The van der Waals surface area contributed by atoms with Gasteiger partial charge in [-0.2, -0.15) is 0 Å². The highest BCUT2D eigenvalue weighted by molar-refractivity contribution is 5.80. The molecule has 2 fully saturated rings. The summed E-state index contributed by atoms with van der Waals surface area (Å²) in [5, 5.41) is 6.13. The Labute approximate surface area is 116 Å². The minimum atomic E-state index is -0.664. The van der Waals surface area contributed by atoms with E-state index in [1.807, 2.05) is 0 Å². The minimum absolute atomic E-state index is 0.0723. The molecule has 2 bridgehead atoms. The van der Waals surface area contributed by atoms with Crippen molar-refractivity contribution in [3.8, 4) is 0 Å². The van der Waals surface area contributed by atoms with Crippen LogP contribution in [0, 0.1) is 17.6 Å². The number of rotatable bonds is 3. The number of nitrogens with one attached hydrogen (secondary N) is 2. The summed E-state index contributed by atoms with van der Waals surface area (Å²) in [7, 11) is 0. The lowest BCUT2D eigenvalue weighted by molar-refractivity contribution is -0.126. The molecule has 4 atom stereocenters. The van der Waals surface area contributed by atoms with Crippen LogP contribution in [-0.4, -0.2) is 18.0 Å². The summed E-state index contributed by atoms with van der Waals surface area (Å²) < 4.78 is 27.3. The first kappa shape index (κ1) is 13.5. The molecule has 0 spiro atoms. The van der Waals surface area contributed by atoms with Crippen LogP contribution in [0.5, 0.6) is 0 Å². The molecule has 1 aromatic carbocycles. The van der Waals surface area contributed by atoms with Crippen molar-refractivity contribution in [3.63, 3.8) is 0 Å². The summed E-state index contributed by atoms with van der Waals surface area (Å²) in [5.74, 6) is -1.43. The first-order chi connectivity index (χ1) is 9.56. The van der Waals surface area contributed by atoms with Crippen LogP contribution in [0.1, 0.15) is 37.8 Å². The summed E-state index contributed by atoms with van der Waals surface area (Å²) in [6, 6.07) is 3.72. The zero-order valence-electron chi connectivity index (χ0n) is 11.3. The molecule has 0 saturated carbocycles. The molecule has 0 aliphatic carbocycles. The van der Waals surface area contributed by atoms with Crippen molar-refractivity contribution < 1.29 is 13.6 Å². The molecule has 20 heavy (non-hydrogen) atoms. The van der Waals surface area contributed by atoms with E-state index in [2.05, 4.69) is 10.6 Å². The predicted molar refractivity (Wildman–Crippen MR) is 71.0 cm³/mol. The predicted octanol–water partition coefficient (Wildman–Crippen LogP) is 2.28. The topological polar surface area (TPSA) is 41.1 Å². The third-order valence-corrected chi connectivity index (χ3v) is 4.43. The molecule has 3 rings (SSSR count). The van der Waals surface area contributed by atoms with E-state index in [1.54, 1.807) is 6.92 Å². The summed E-state index contributed by atoms with van der Waals surface area (Å²) in [6.07, 6.45) is 2.94. The molecule has 2 aliphatic rings. The SMILES string of the molecule is CC(NC(=O)C1CC2CCC1N2)c1c(F)cccc1F. The molecular formula is C15H18F2N2O. The van der Waals surface area contributed by atoms with E-state index in [9.17, 15) is 13.6 Å². The van der Waals surface area contributed by atoms with Gasteiger partial charge in [0.15, 0.2) is 0 Å². The number of fused-ring (bicyclic) bond motifs is 2. The Hall–Kier alpha value is -1.49. The highest BCUT2D eigenvalue weighted by Crippen LogP contribution is 2.33. The van der Waals surface area contributed by atoms with Gasteiger partial charge in [-0.15, -0.1) is 0 Å². The molecule has 108 valence electrons. The quantitative estimate of drug-likeness (QED) is 0.892. The van der Waals surface area contributed by atoms with E-state index in [1.165, 1.54) is 18.2 Å². The smallest absolute Gasteiger partial charge is 0.225 e. The molecule has 1 aromatic rings. The molecule has 1 amide bonds. The first-order valence-corrected chi connectivity index (χ1v) is 7.06. The van der Waals surface area contributed by atoms with E-state index in [0.717, 1.165) is 19.3 Å². The molecule has 0 aromatic heterocycles. The summed E-state index contributed by atoms with van der Waals surface area (Å²) in [5.41, 5.74) is -0.0723. The van der Waals surface area contributed by atoms with Crippen molar-refractivity contribution >= 4 is 5.91 Å². The molecule has 2 N–H and O–H groups in total. The lowest BCUT2D eigenvalue weighted by Gasteiger charge is -2.23. The number of carbonyl (C=O) groups is 1. The monoisotopic (exact) mass is 280 g/mol. The zero-order valence-corrected chi connectivity index (χ0v) is 11.3. The van der Waals surface area contributed by atoms with E-state index >= 15 is 0 Å². The third-order valence-electron chi connectivity index (χ3n) is 4.43. The fourth-order valence-electron chi connectivity index (χ4n) is 3.43. The number of benzene rings is 1. The lowest BCUT2D eigenvalue weighted by atomic mass is 9.88. The minimum Gasteiger partial charge on any atom is -0.349 e. The largest absolute Gasteiger partial charge is 0.349 e. The van der Waals surface area contributed by atoms with Crippen molar-refractivity contribution in [1.29, 1.82) is 0 Å². The number of carbonyl (C=O) groups excluding carboxylic acids is 1. The third kappa shape index (κ3) is 2.30. The van der Waals surface area contributed by atoms with Gasteiger partial charge in [0.25, 0.3) is 0 Å². The molecule has 2 saturated heterocycles. The zero-order chi connectivity index (χ0) is 14.3. The average Bonchev–Trinajstić information content (AvgIpc) is 3.00. The van der Waals surface area contributed by atoms with Crippen molar-refractivity contribution in [2.75, 3.05) is 0 Å². The van der Waals surface area contributed by atoms with Crippen LogP contribution in [-0.2, 0) is 4.79 Å². The van der Waals surface area contributed by atoms with Gasteiger partial charge in [0.2, 0.25) is 5.91 Å². The van der Waals surface area contributed by atoms with Crippen molar-refractivity contribution in [2.45, 2.75) is 44.3 Å². The molecule has 5 heteroatoms. The maximum Gasteiger partial charge on any atom is 0.225 e. The number of amides is 1. The van der Waals surface area contributed by atoms with Crippen molar-refractivity contribution in [3.05, 3.63) is 35.4 Å². The second-order valence-corrected chi connectivity index (χ2v) is 5.76. The van der Waals surface area contributed by atoms with Crippen LogP contribution < -0.4 is 10.6 Å². The van der Waals surface area contributed by atoms with Gasteiger partial charge in [-0.05, 0) is 38.3 Å². The Bertz CT molecular complexity index is 514. The highest BCUT2D eigenvalue weighted by atomic mass is 19.1.